The number of benzene rings is 1. The second-order valence-electron chi connectivity index (χ2n) is 5.38. The predicted molar refractivity (Wildman–Crippen MR) is 84.4 cm³/mol. The van der Waals surface area contributed by atoms with E-state index in [9.17, 15) is 0 Å². The van der Waals surface area contributed by atoms with Crippen LogP contribution in [0.15, 0.2) is 44.8 Å². The molecule has 0 radical (unpaired) electrons. The van der Waals surface area contributed by atoms with Gasteiger partial charge in [-0.3, -0.25) is 4.99 Å². The summed E-state index contributed by atoms with van der Waals surface area (Å²) in [6.45, 7) is 2.02. The molecule has 1 aromatic rings. The van der Waals surface area contributed by atoms with Crippen LogP contribution in [0.5, 0.6) is 0 Å². The highest BCUT2D eigenvalue weighted by molar-refractivity contribution is 9.10. The lowest BCUT2D eigenvalue weighted by Gasteiger charge is -2.45. The molecule has 0 amide bonds. The zero-order chi connectivity index (χ0) is 12.9. The first-order valence-corrected chi connectivity index (χ1v) is 8.42. The van der Waals surface area contributed by atoms with Crippen LogP contribution in [0.1, 0.15) is 24.8 Å². The number of allylic oxidation sites excluding steroid dienone is 1. The van der Waals surface area contributed by atoms with Gasteiger partial charge in [0.25, 0.3) is 0 Å². The zero-order valence-electron chi connectivity index (χ0n) is 10.6. The van der Waals surface area contributed by atoms with E-state index in [0.29, 0.717) is 0 Å². The van der Waals surface area contributed by atoms with Crippen LogP contribution < -0.4 is 0 Å². The van der Waals surface area contributed by atoms with E-state index in [2.05, 4.69) is 55.5 Å². The van der Waals surface area contributed by atoms with Crippen molar-refractivity contribution in [3.05, 3.63) is 45.4 Å². The molecule has 1 fully saturated rings. The summed E-state index contributed by atoms with van der Waals surface area (Å²) >= 11 is 5.33. The number of nitrogens with zero attached hydrogens (tertiary/aromatic N) is 2. The maximum atomic E-state index is 4.57. The van der Waals surface area contributed by atoms with E-state index < -0.39 is 0 Å². The Morgan fingerprint density at radius 2 is 2.00 bits per heavy atom. The van der Waals surface area contributed by atoms with Crippen LogP contribution in [-0.2, 0) is 5.41 Å². The van der Waals surface area contributed by atoms with Gasteiger partial charge in [-0.1, -0.05) is 46.2 Å². The second-order valence-corrected chi connectivity index (χ2v) is 7.13. The molecule has 4 rings (SSSR count). The van der Waals surface area contributed by atoms with Gasteiger partial charge in [-0.05, 0) is 35.9 Å². The number of amidine groups is 1. The van der Waals surface area contributed by atoms with E-state index >= 15 is 0 Å². The fourth-order valence-corrected chi connectivity index (χ4v) is 4.60. The van der Waals surface area contributed by atoms with E-state index in [1.165, 1.54) is 35.7 Å². The number of fused-ring (bicyclic) bond motifs is 1. The van der Waals surface area contributed by atoms with Gasteiger partial charge in [0.2, 0.25) is 0 Å². The van der Waals surface area contributed by atoms with Crippen molar-refractivity contribution in [2.75, 3.05) is 13.1 Å². The molecule has 0 unspecified atom stereocenters. The Morgan fingerprint density at radius 3 is 2.68 bits per heavy atom. The van der Waals surface area contributed by atoms with Crippen LogP contribution in [0.4, 0.5) is 0 Å². The minimum Gasteiger partial charge on any atom is -0.321 e. The van der Waals surface area contributed by atoms with Crippen molar-refractivity contribution in [1.29, 1.82) is 0 Å². The Hall–Kier alpha value is -0.740. The van der Waals surface area contributed by atoms with E-state index in [1.807, 2.05) is 0 Å². The summed E-state index contributed by atoms with van der Waals surface area (Å²) in [5.74, 6) is 0. The molecule has 0 aromatic heterocycles. The molecule has 0 spiro atoms. The number of hydrogen-bond donors (Lipinski definition) is 0. The standard InChI is InChI=1S/C15H15BrN2S/c16-12-4-2-11(3-5-12)15(6-1-7-15)13-10-19-14-17-8-9-18(13)14/h2-5,10H,1,6-9H2. The second kappa shape index (κ2) is 4.38. The van der Waals surface area contributed by atoms with Gasteiger partial charge in [-0.2, -0.15) is 0 Å². The van der Waals surface area contributed by atoms with Crippen molar-refractivity contribution in [1.82, 2.24) is 4.90 Å². The summed E-state index contributed by atoms with van der Waals surface area (Å²) in [6, 6.07) is 8.88. The van der Waals surface area contributed by atoms with Gasteiger partial charge in [0.05, 0.1) is 6.54 Å². The van der Waals surface area contributed by atoms with Gasteiger partial charge in [-0.15, -0.1) is 0 Å². The molecule has 1 aromatic carbocycles. The zero-order valence-corrected chi connectivity index (χ0v) is 13.0. The topological polar surface area (TPSA) is 15.6 Å². The van der Waals surface area contributed by atoms with Crippen LogP contribution in [0, 0.1) is 0 Å². The average molecular weight is 335 g/mol. The van der Waals surface area contributed by atoms with Gasteiger partial charge < -0.3 is 4.90 Å². The lowest BCUT2D eigenvalue weighted by molar-refractivity contribution is 0.252. The van der Waals surface area contributed by atoms with E-state index in [4.69, 9.17) is 0 Å². The van der Waals surface area contributed by atoms with Crippen LogP contribution in [0.3, 0.4) is 0 Å². The van der Waals surface area contributed by atoms with Crippen molar-refractivity contribution in [3.63, 3.8) is 0 Å². The van der Waals surface area contributed by atoms with Crippen LogP contribution >= 0.6 is 27.7 Å². The lowest BCUT2D eigenvalue weighted by Crippen LogP contribution is -2.42. The summed E-state index contributed by atoms with van der Waals surface area (Å²) in [5, 5.41) is 3.54. The third-order valence-electron chi connectivity index (χ3n) is 4.46. The van der Waals surface area contributed by atoms with Gasteiger partial charge >= 0.3 is 0 Å². The molecule has 2 nitrogen and oxygen atoms in total. The smallest absolute Gasteiger partial charge is 0.167 e. The fraction of sp³-hybridized carbons (Fsp3) is 0.400. The molecule has 2 heterocycles. The number of rotatable bonds is 2. The molecule has 19 heavy (non-hydrogen) atoms. The largest absolute Gasteiger partial charge is 0.321 e. The van der Waals surface area contributed by atoms with E-state index in [-0.39, 0.29) is 5.41 Å². The molecule has 3 aliphatic rings. The van der Waals surface area contributed by atoms with Crippen molar-refractivity contribution in [2.45, 2.75) is 24.7 Å². The molecule has 2 aliphatic heterocycles. The third kappa shape index (κ3) is 1.73. The number of halogens is 1. The monoisotopic (exact) mass is 334 g/mol. The Balaban J connectivity index is 1.74. The molecule has 1 saturated carbocycles. The molecule has 0 N–H and O–H groups in total. The van der Waals surface area contributed by atoms with Crippen LogP contribution in [0.2, 0.25) is 0 Å². The SMILES string of the molecule is Brc1ccc(C2(C3=CSC4=NCCN34)CCC2)cc1. The van der Waals surface area contributed by atoms with Crippen LogP contribution in [-0.4, -0.2) is 23.2 Å². The lowest BCUT2D eigenvalue weighted by atomic mass is 9.62. The molecule has 4 heteroatoms. The van der Waals surface area contributed by atoms with Gasteiger partial charge in [0.15, 0.2) is 5.17 Å². The highest BCUT2D eigenvalue weighted by atomic mass is 79.9. The summed E-state index contributed by atoms with van der Waals surface area (Å²) in [6.07, 6.45) is 3.87. The number of hydrogen-bond acceptors (Lipinski definition) is 3. The molecule has 98 valence electrons. The number of aliphatic imine (C=N–C) groups is 1. The third-order valence-corrected chi connectivity index (χ3v) is 5.89. The predicted octanol–water partition coefficient (Wildman–Crippen LogP) is 4.13. The summed E-state index contributed by atoms with van der Waals surface area (Å²) in [5.41, 5.74) is 3.19. The van der Waals surface area contributed by atoms with Crippen molar-refractivity contribution in [3.8, 4) is 0 Å². The Labute approximate surface area is 126 Å². The number of thioether (sulfide) groups is 1. The van der Waals surface area contributed by atoms with Gasteiger partial charge in [0, 0.05) is 22.1 Å². The molecular weight excluding hydrogens is 320 g/mol. The van der Waals surface area contributed by atoms with E-state index in [0.717, 1.165) is 17.6 Å². The Bertz CT molecular complexity index is 572. The minimum atomic E-state index is 0.245. The molecule has 0 bridgehead atoms. The fourth-order valence-electron chi connectivity index (χ4n) is 3.29. The van der Waals surface area contributed by atoms with E-state index in [1.54, 1.807) is 11.8 Å². The Kier molecular flexibility index (Phi) is 2.78. The quantitative estimate of drug-likeness (QED) is 0.808. The molecule has 0 saturated heterocycles. The first-order valence-electron chi connectivity index (χ1n) is 6.75. The summed E-state index contributed by atoms with van der Waals surface area (Å²) < 4.78 is 1.16. The van der Waals surface area contributed by atoms with Gasteiger partial charge in [0.1, 0.15) is 0 Å². The Morgan fingerprint density at radius 1 is 1.21 bits per heavy atom. The maximum absolute atomic E-state index is 4.57. The van der Waals surface area contributed by atoms with Gasteiger partial charge in [-0.25, -0.2) is 0 Å². The first kappa shape index (κ1) is 12.0. The highest BCUT2D eigenvalue weighted by Crippen LogP contribution is 2.53. The minimum absolute atomic E-state index is 0.245. The molecular formula is C15H15BrN2S. The van der Waals surface area contributed by atoms with Crippen molar-refractivity contribution < 1.29 is 0 Å². The van der Waals surface area contributed by atoms with Crippen molar-refractivity contribution in [2.24, 2.45) is 4.99 Å². The summed E-state index contributed by atoms with van der Waals surface area (Å²) in [7, 11) is 0. The first-order chi connectivity index (χ1) is 9.29. The maximum Gasteiger partial charge on any atom is 0.167 e. The molecule has 0 atom stereocenters. The highest BCUT2D eigenvalue weighted by Gasteiger charge is 2.47. The normalized spacial score (nSPS) is 23.7. The average Bonchev–Trinajstić information content (AvgIpc) is 2.94. The van der Waals surface area contributed by atoms with Crippen LogP contribution in [0.25, 0.3) is 0 Å². The molecule has 1 aliphatic carbocycles. The summed E-state index contributed by atoms with van der Waals surface area (Å²) in [4.78, 5) is 7.01. The van der Waals surface area contributed by atoms with Crippen molar-refractivity contribution >= 4 is 32.9 Å².